The van der Waals surface area contributed by atoms with Crippen molar-refractivity contribution in [3.63, 3.8) is 0 Å². The van der Waals surface area contributed by atoms with E-state index in [0.29, 0.717) is 11.8 Å². The van der Waals surface area contributed by atoms with E-state index in [1.54, 1.807) is 0 Å². The van der Waals surface area contributed by atoms with Crippen molar-refractivity contribution < 1.29 is 10.2 Å². The molecule has 2 aliphatic rings. The summed E-state index contributed by atoms with van der Waals surface area (Å²) < 4.78 is 0.995. The number of aliphatic hydroxyl groups is 2. The maximum atomic E-state index is 9.95. The van der Waals surface area contributed by atoms with Crippen LogP contribution in [-0.2, 0) is 6.61 Å². The van der Waals surface area contributed by atoms with Gasteiger partial charge in [0.2, 0.25) is 0 Å². The van der Waals surface area contributed by atoms with Crippen molar-refractivity contribution >= 4 is 21.6 Å². The number of fused-ring (bicyclic) bond motifs is 1. The minimum atomic E-state index is -0.131. The molecule has 0 bridgehead atoms. The van der Waals surface area contributed by atoms with Crippen molar-refractivity contribution in [3.05, 3.63) is 28.2 Å². The summed E-state index contributed by atoms with van der Waals surface area (Å²) in [6, 6.07) is 6.04. The monoisotopic (exact) mass is 311 g/mol. The zero-order valence-electron chi connectivity index (χ0n) is 10.2. The Morgan fingerprint density at radius 3 is 2.83 bits per heavy atom. The lowest BCUT2D eigenvalue weighted by Gasteiger charge is -2.23. The Morgan fingerprint density at radius 2 is 2.11 bits per heavy atom. The second-order valence-electron chi connectivity index (χ2n) is 5.40. The number of hydrogen-bond acceptors (Lipinski definition) is 3. The summed E-state index contributed by atoms with van der Waals surface area (Å²) in [5.74, 6) is 1.04. The Hall–Kier alpha value is -0.580. The van der Waals surface area contributed by atoms with Gasteiger partial charge in [-0.05, 0) is 37.0 Å². The van der Waals surface area contributed by atoms with Gasteiger partial charge >= 0.3 is 0 Å². The molecule has 98 valence electrons. The highest BCUT2D eigenvalue weighted by atomic mass is 79.9. The van der Waals surface area contributed by atoms with Gasteiger partial charge in [-0.15, -0.1) is 0 Å². The first-order valence-electron chi connectivity index (χ1n) is 6.51. The van der Waals surface area contributed by atoms with Gasteiger partial charge in [-0.3, -0.25) is 0 Å². The van der Waals surface area contributed by atoms with E-state index in [1.807, 2.05) is 12.1 Å². The minimum Gasteiger partial charge on any atom is -0.393 e. The second-order valence-corrected chi connectivity index (χ2v) is 6.32. The summed E-state index contributed by atoms with van der Waals surface area (Å²) in [4.78, 5) is 2.32. The lowest BCUT2D eigenvalue weighted by atomic mass is 10.00. The molecule has 3 nitrogen and oxygen atoms in total. The van der Waals surface area contributed by atoms with Crippen LogP contribution in [0.3, 0.4) is 0 Å². The maximum absolute atomic E-state index is 9.95. The fourth-order valence-corrected chi connectivity index (χ4v) is 3.83. The minimum absolute atomic E-state index is 0.0587. The highest BCUT2D eigenvalue weighted by Crippen LogP contribution is 2.40. The number of nitrogens with zero attached hydrogens (tertiary/aromatic N) is 1. The number of aliphatic hydroxyl groups excluding tert-OH is 2. The van der Waals surface area contributed by atoms with Crippen LogP contribution in [0.1, 0.15) is 18.4 Å². The zero-order chi connectivity index (χ0) is 12.7. The SMILES string of the molecule is OCc1cc(Br)ccc1N1CC2CCC(O)C2C1. The third-order valence-corrected chi connectivity index (χ3v) is 4.86. The predicted octanol–water partition coefficient (Wildman–Crippen LogP) is 2.15. The molecule has 4 heteroatoms. The summed E-state index contributed by atoms with van der Waals surface area (Å²) >= 11 is 3.43. The molecule has 1 aromatic rings. The maximum Gasteiger partial charge on any atom is 0.0702 e. The van der Waals surface area contributed by atoms with Gasteiger partial charge in [-0.2, -0.15) is 0 Å². The quantitative estimate of drug-likeness (QED) is 0.879. The van der Waals surface area contributed by atoms with E-state index >= 15 is 0 Å². The van der Waals surface area contributed by atoms with Gasteiger partial charge in [-0.1, -0.05) is 15.9 Å². The van der Waals surface area contributed by atoms with E-state index in [9.17, 15) is 10.2 Å². The average molecular weight is 312 g/mol. The first-order chi connectivity index (χ1) is 8.69. The second kappa shape index (κ2) is 4.83. The Kier molecular flexibility index (Phi) is 3.34. The van der Waals surface area contributed by atoms with Gasteiger partial charge in [0.1, 0.15) is 0 Å². The van der Waals surface area contributed by atoms with Crippen molar-refractivity contribution in [2.24, 2.45) is 11.8 Å². The molecule has 0 spiro atoms. The van der Waals surface area contributed by atoms with Crippen LogP contribution in [0, 0.1) is 11.8 Å². The Labute approximate surface area is 116 Å². The van der Waals surface area contributed by atoms with Crippen LogP contribution in [-0.4, -0.2) is 29.4 Å². The standard InChI is InChI=1S/C14H18BrNO2/c15-11-2-3-13(10(5-11)8-17)16-6-9-1-4-14(18)12(9)7-16/h2-3,5,9,12,14,17-18H,1,4,6-8H2. The van der Waals surface area contributed by atoms with E-state index in [0.717, 1.165) is 41.7 Å². The van der Waals surface area contributed by atoms with Crippen LogP contribution in [0.2, 0.25) is 0 Å². The molecule has 1 aliphatic carbocycles. The molecule has 3 rings (SSSR count). The first-order valence-corrected chi connectivity index (χ1v) is 7.30. The molecule has 0 radical (unpaired) electrons. The smallest absolute Gasteiger partial charge is 0.0702 e. The summed E-state index contributed by atoms with van der Waals surface area (Å²) in [6.07, 6.45) is 1.96. The fraction of sp³-hybridized carbons (Fsp3) is 0.571. The van der Waals surface area contributed by atoms with Crippen LogP contribution < -0.4 is 4.90 Å². The van der Waals surface area contributed by atoms with E-state index in [4.69, 9.17) is 0 Å². The van der Waals surface area contributed by atoms with Gasteiger partial charge in [0.25, 0.3) is 0 Å². The van der Waals surface area contributed by atoms with Crippen molar-refractivity contribution in [2.75, 3.05) is 18.0 Å². The van der Waals surface area contributed by atoms with Crippen LogP contribution in [0.4, 0.5) is 5.69 Å². The van der Waals surface area contributed by atoms with Crippen LogP contribution in [0.15, 0.2) is 22.7 Å². The van der Waals surface area contributed by atoms with E-state index in [1.165, 1.54) is 0 Å². The first kappa shape index (κ1) is 12.5. The molecule has 3 unspecified atom stereocenters. The lowest BCUT2D eigenvalue weighted by Crippen LogP contribution is -2.25. The topological polar surface area (TPSA) is 43.7 Å². The molecule has 0 amide bonds. The van der Waals surface area contributed by atoms with E-state index in [-0.39, 0.29) is 12.7 Å². The van der Waals surface area contributed by atoms with E-state index < -0.39 is 0 Å². The van der Waals surface area contributed by atoms with Gasteiger partial charge in [0.05, 0.1) is 12.7 Å². The zero-order valence-corrected chi connectivity index (χ0v) is 11.8. The van der Waals surface area contributed by atoms with Crippen LogP contribution in [0.5, 0.6) is 0 Å². The third-order valence-electron chi connectivity index (χ3n) is 4.37. The largest absolute Gasteiger partial charge is 0.393 e. The normalized spacial score (nSPS) is 30.8. The van der Waals surface area contributed by atoms with Crippen molar-refractivity contribution in [1.29, 1.82) is 0 Å². The summed E-state index contributed by atoms with van der Waals surface area (Å²) in [6.45, 7) is 1.99. The number of halogens is 1. The van der Waals surface area contributed by atoms with E-state index in [2.05, 4.69) is 26.9 Å². The molecular formula is C14H18BrNO2. The Morgan fingerprint density at radius 1 is 1.28 bits per heavy atom. The summed E-state index contributed by atoms with van der Waals surface area (Å²) in [7, 11) is 0. The summed E-state index contributed by atoms with van der Waals surface area (Å²) in [5.41, 5.74) is 2.07. The molecule has 1 heterocycles. The lowest BCUT2D eigenvalue weighted by molar-refractivity contribution is 0.133. The molecule has 1 saturated heterocycles. The van der Waals surface area contributed by atoms with Gasteiger partial charge in [0, 0.05) is 34.7 Å². The number of hydrogen-bond donors (Lipinski definition) is 2. The van der Waals surface area contributed by atoms with Crippen molar-refractivity contribution in [1.82, 2.24) is 0 Å². The molecule has 1 saturated carbocycles. The molecule has 2 N–H and O–H groups in total. The molecule has 18 heavy (non-hydrogen) atoms. The fourth-order valence-electron chi connectivity index (χ4n) is 3.42. The number of benzene rings is 1. The highest BCUT2D eigenvalue weighted by molar-refractivity contribution is 9.10. The summed E-state index contributed by atoms with van der Waals surface area (Å²) in [5, 5.41) is 19.4. The van der Waals surface area contributed by atoms with Gasteiger partial charge in [-0.25, -0.2) is 0 Å². The Balaban J connectivity index is 1.84. The molecule has 0 aromatic heterocycles. The highest BCUT2D eigenvalue weighted by Gasteiger charge is 2.42. The van der Waals surface area contributed by atoms with Crippen LogP contribution >= 0.6 is 15.9 Å². The van der Waals surface area contributed by atoms with Crippen molar-refractivity contribution in [3.8, 4) is 0 Å². The van der Waals surface area contributed by atoms with Crippen molar-refractivity contribution in [2.45, 2.75) is 25.6 Å². The third kappa shape index (κ3) is 2.06. The van der Waals surface area contributed by atoms with Gasteiger partial charge < -0.3 is 15.1 Å². The van der Waals surface area contributed by atoms with Gasteiger partial charge in [0.15, 0.2) is 0 Å². The molecular weight excluding hydrogens is 294 g/mol. The van der Waals surface area contributed by atoms with Crippen LogP contribution in [0.25, 0.3) is 0 Å². The molecule has 2 fully saturated rings. The number of anilines is 1. The average Bonchev–Trinajstić information content (AvgIpc) is 2.92. The Bertz CT molecular complexity index is 451. The predicted molar refractivity (Wildman–Crippen MR) is 74.5 cm³/mol. The molecule has 3 atom stereocenters. The number of rotatable bonds is 2. The molecule has 1 aliphatic heterocycles. The molecule has 1 aromatic carbocycles.